The van der Waals surface area contributed by atoms with Crippen LogP contribution in [0.2, 0.25) is 0 Å². The maximum Gasteiger partial charge on any atom is 0.408 e. The summed E-state index contributed by atoms with van der Waals surface area (Å²) in [6.45, 7) is 5.40. The largest absolute Gasteiger partial charge is 0.497 e. The van der Waals surface area contributed by atoms with Gasteiger partial charge in [0, 0.05) is 30.4 Å². The Balaban J connectivity index is 2.20. The first kappa shape index (κ1) is 29.9. The number of rotatable bonds is 12. The molecule has 0 spiro atoms. The number of nitrogens with one attached hydrogen (secondary N) is 3. The van der Waals surface area contributed by atoms with Crippen LogP contribution in [-0.2, 0) is 25.5 Å². The number of carbonyl (C=O) groups excluding carboxylic acids is 3. The van der Waals surface area contributed by atoms with Crippen LogP contribution in [0.5, 0.6) is 5.75 Å². The zero-order valence-corrected chi connectivity index (χ0v) is 22.4. The summed E-state index contributed by atoms with van der Waals surface area (Å²) in [7, 11) is 2.80. The molecule has 0 aliphatic carbocycles. The number of imidazole rings is 1. The van der Waals surface area contributed by atoms with Gasteiger partial charge in [-0.05, 0) is 57.9 Å². The van der Waals surface area contributed by atoms with E-state index in [4.69, 9.17) is 25.7 Å². The number of ether oxygens (including phenoxy) is 3. The fourth-order valence-corrected chi connectivity index (χ4v) is 3.40. The van der Waals surface area contributed by atoms with Gasteiger partial charge in [0.25, 0.3) is 0 Å². The highest BCUT2D eigenvalue weighted by molar-refractivity contribution is 5.89. The Morgan fingerprint density at radius 1 is 1.08 bits per heavy atom. The molecular formula is C25H37N7O6. The van der Waals surface area contributed by atoms with E-state index in [1.165, 1.54) is 7.11 Å². The number of H-pyrrole nitrogens is 1. The van der Waals surface area contributed by atoms with Gasteiger partial charge in [0.15, 0.2) is 5.96 Å². The predicted molar refractivity (Wildman–Crippen MR) is 141 cm³/mol. The van der Waals surface area contributed by atoms with Gasteiger partial charge < -0.3 is 41.3 Å². The van der Waals surface area contributed by atoms with Crippen LogP contribution >= 0.6 is 0 Å². The van der Waals surface area contributed by atoms with Gasteiger partial charge in [-0.2, -0.15) is 0 Å². The first-order valence-corrected chi connectivity index (χ1v) is 12.0. The van der Waals surface area contributed by atoms with E-state index in [2.05, 4.69) is 25.6 Å². The number of nitrogens with two attached hydrogens (primary N) is 2. The summed E-state index contributed by atoms with van der Waals surface area (Å²) < 4.78 is 15.3. The van der Waals surface area contributed by atoms with Crippen molar-refractivity contribution < 1.29 is 28.6 Å². The number of methoxy groups -OCH3 is 2. The Hall–Kier alpha value is -4.29. The van der Waals surface area contributed by atoms with Crippen molar-refractivity contribution in [3.05, 3.63) is 36.2 Å². The monoisotopic (exact) mass is 531 g/mol. The molecule has 208 valence electrons. The predicted octanol–water partition coefficient (Wildman–Crippen LogP) is 1.23. The van der Waals surface area contributed by atoms with E-state index in [-0.39, 0.29) is 25.3 Å². The van der Waals surface area contributed by atoms with Crippen molar-refractivity contribution in [2.24, 2.45) is 16.5 Å². The van der Waals surface area contributed by atoms with Gasteiger partial charge in [0.05, 0.1) is 14.2 Å². The first-order chi connectivity index (χ1) is 17.9. The quantitative estimate of drug-likeness (QED) is 0.116. The van der Waals surface area contributed by atoms with Gasteiger partial charge in [-0.1, -0.05) is 0 Å². The lowest BCUT2D eigenvalue weighted by atomic mass is 10.1. The molecule has 13 heteroatoms. The van der Waals surface area contributed by atoms with E-state index in [0.717, 1.165) is 5.56 Å². The summed E-state index contributed by atoms with van der Waals surface area (Å²) in [6.07, 6.45) is 1.48. The van der Waals surface area contributed by atoms with E-state index in [1.807, 2.05) is 12.1 Å². The smallest absolute Gasteiger partial charge is 0.408 e. The number of esters is 1. The standard InChI is InChI=1S/C25H37N7O6/c1-25(2,3)38-24(35)32-19(21(33)31-18(22(34)37-5)7-6-12-28-23(26)27)13-16-14-29-20(30-16)15-8-10-17(36-4)11-9-15/h8-11,14,18-19H,6-7,12-13H2,1-5H3,(H,29,30)(H,31,33)(H,32,35)(H4,26,27,28)/t18-,19-/m0/s1. The van der Waals surface area contributed by atoms with Gasteiger partial charge in [0.2, 0.25) is 5.91 Å². The van der Waals surface area contributed by atoms with E-state index in [1.54, 1.807) is 46.2 Å². The van der Waals surface area contributed by atoms with Crippen LogP contribution in [-0.4, -0.2) is 72.3 Å². The molecule has 2 aromatic rings. The zero-order chi connectivity index (χ0) is 28.3. The minimum Gasteiger partial charge on any atom is -0.497 e. The van der Waals surface area contributed by atoms with Gasteiger partial charge in [-0.25, -0.2) is 14.6 Å². The van der Waals surface area contributed by atoms with Crippen LogP contribution in [0.3, 0.4) is 0 Å². The number of benzene rings is 1. The number of hydrogen-bond donors (Lipinski definition) is 5. The van der Waals surface area contributed by atoms with Gasteiger partial charge in [0.1, 0.15) is 29.3 Å². The zero-order valence-electron chi connectivity index (χ0n) is 22.4. The average Bonchev–Trinajstić information content (AvgIpc) is 3.32. The molecule has 13 nitrogen and oxygen atoms in total. The number of aliphatic imine (C=N–C) groups is 1. The topological polar surface area (TPSA) is 196 Å². The Kier molecular flexibility index (Phi) is 10.9. The molecule has 0 aliphatic rings. The SMILES string of the molecule is COC(=O)[C@H](CCCN=C(N)N)NC(=O)[C@H](Cc1cnc(-c2ccc(OC)cc2)[nH]1)NC(=O)OC(C)(C)C. The molecule has 1 aromatic carbocycles. The molecule has 1 heterocycles. The van der Waals surface area contributed by atoms with E-state index in [9.17, 15) is 14.4 Å². The Morgan fingerprint density at radius 2 is 1.76 bits per heavy atom. The van der Waals surface area contributed by atoms with Crippen molar-refractivity contribution in [1.82, 2.24) is 20.6 Å². The molecule has 7 N–H and O–H groups in total. The van der Waals surface area contributed by atoms with Crippen molar-refractivity contribution in [3.8, 4) is 17.1 Å². The molecule has 0 saturated carbocycles. The molecule has 0 unspecified atom stereocenters. The van der Waals surface area contributed by atoms with E-state index >= 15 is 0 Å². The molecule has 0 saturated heterocycles. The third-order valence-electron chi connectivity index (χ3n) is 5.17. The van der Waals surface area contributed by atoms with Crippen molar-refractivity contribution in [1.29, 1.82) is 0 Å². The van der Waals surface area contributed by atoms with Gasteiger partial charge in [-0.15, -0.1) is 0 Å². The van der Waals surface area contributed by atoms with Crippen LogP contribution in [0.1, 0.15) is 39.3 Å². The van der Waals surface area contributed by atoms with Crippen molar-refractivity contribution in [2.45, 2.75) is 57.7 Å². The van der Waals surface area contributed by atoms with Crippen LogP contribution in [0.25, 0.3) is 11.4 Å². The summed E-state index contributed by atoms with van der Waals surface area (Å²) >= 11 is 0. The number of amides is 2. The summed E-state index contributed by atoms with van der Waals surface area (Å²) in [5.74, 6) is -0.0292. The fourth-order valence-electron chi connectivity index (χ4n) is 3.40. The van der Waals surface area contributed by atoms with Crippen molar-refractivity contribution in [3.63, 3.8) is 0 Å². The highest BCUT2D eigenvalue weighted by atomic mass is 16.6. The second-order valence-corrected chi connectivity index (χ2v) is 9.42. The van der Waals surface area contributed by atoms with Crippen LogP contribution < -0.4 is 26.8 Å². The molecule has 0 bridgehead atoms. The van der Waals surface area contributed by atoms with Crippen LogP contribution in [0.15, 0.2) is 35.5 Å². The average molecular weight is 532 g/mol. The van der Waals surface area contributed by atoms with Crippen LogP contribution in [0.4, 0.5) is 4.79 Å². The second-order valence-electron chi connectivity index (χ2n) is 9.42. The molecular weight excluding hydrogens is 494 g/mol. The fraction of sp³-hybridized carbons (Fsp3) is 0.480. The summed E-state index contributed by atoms with van der Waals surface area (Å²) in [5, 5.41) is 5.24. The Morgan fingerprint density at radius 3 is 2.34 bits per heavy atom. The van der Waals surface area contributed by atoms with E-state index < -0.39 is 35.7 Å². The van der Waals surface area contributed by atoms with Crippen molar-refractivity contribution in [2.75, 3.05) is 20.8 Å². The molecule has 2 rings (SSSR count). The third-order valence-corrected chi connectivity index (χ3v) is 5.17. The minimum atomic E-state index is -1.08. The molecule has 1 aromatic heterocycles. The minimum absolute atomic E-state index is 0.0517. The lowest BCUT2D eigenvalue weighted by Gasteiger charge is -2.24. The summed E-state index contributed by atoms with van der Waals surface area (Å²) in [4.78, 5) is 49.5. The van der Waals surface area contributed by atoms with E-state index in [0.29, 0.717) is 23.7 Å². The Labute approximate surface area is 221 Å². The highest BCUT2D eigenvalue weighted by Gasteiger charge is 2.29. The summed E-state index contributed by atoms with van der Waals surface area (Å²) in [6, 6.07) is 5.23. The molecule has 2 amide bonds. The first-order valence-electron chi connectivity index (χ1n) is 12.0. The number of hydrogen-bond acceptors (Lipinski definition) is 8. The molecule has 38 heavy (non-hydrogen) atoms. The second kappa shape index (κ2) is 13.9. The van der Waals surface area contributed by atoms with Crippen LogP contribution in [0, 0.1) is 0 Å². The van der Waals surface area contributed by atoms with Gasteiger partial charge >= 0.3 is 12.1 Å². The normalized spacial score (nSPS) is 12.6. The maximum atomic E-state index is 13.3. The lowest BCUT2D eigenvalue weighted by Crippen LogP contribution is -2.53. The number of carbonyl (C=O) groups is 3. The number of nitrogens with zero attached hydrogens (tertiary/aromatic N) is 2. The number of guanidine groups is 1. The number of aromatic nitrogens is 2. The number of alkyl carbamates (subject to hydrolysis) is 1. The third kappa shape index (κ3) is 9.99. The molecule has 0 aliphatic heterocycles. The Bertz CT molecular complexity index is 1100. The maximum absolute atomic E-state index is 13.3. The highest BCUT2D eigenvalue weighted by Crippen LogP contribution is 2.20. The number of aromatic amines is 1. The summed E-state index contributed by atoms with van der Waals surface area (Å²) in [5.41, 5.74) is 11.3. The molecule has 0 fully saturated rings. The molecule has 2 atom stereocenters. The lowest BCUT2D eigenvalue weighted by molar-refractivity contribution is -0.145. The molecule has 0 radical (unpaired) electrons. The van der Waals surface area contributed by atoms with Gasteiger partial charge in [-0.3, -0.25) is 9.79 Å². The van der Waals surface area contributed by atoms with Crippen molar-refractivity contribution >= 4 is 23.9 Å².